The van der Waals surface area contributed by atoms with Gasteiger partial charge in [-0.05, 0) is 24.3 Å². The Morgan fingerprint density at radius 3 is 2.50 bits per heavy atom. The van der Waals surface area contributed by atoms with E-state index in [4.69, 9.17) is 4.74 Å². The quantitative estimate of drug-likeness (QED) is 0.908. The number of methoxy groups -OCH3 is 1. The van der Waals surface area contributed by atoms with Gasteiger partial charge in [-0.2, -0.15) is 0 Å². The summed E-state index contributed by atoms with van der Waals surface area (Å²) in [5, 5.41) is 9.55. The number of ether oxygens (including phenoxy) is 1. The zero-order valence-corrected chi connectivity index (χ0v) is 11.3. The number of hydrogen-bond donors (Lipinski definition) is 2. The Bertz CT molecular complexity index is 731. The molecule has 20 heavy (non-hydrogen) atoms. The smallest absolute Gasteiger partial charge is 0.265 e. The SMILES string of the molecule is COc1ccc(NS(=O)(=O)c2ccccc2O)cc1F. The number of para-hydroxylation sites is 1. The predicted octanol–water partition coefficient (Wildman–Crippen LogP) is 2.34. The highest BCUT2D eigenvalue weighted by Crippen LogP contribution is 2.26. The summed E-state index contributed by atoms with van der Waals surface area (Å²) in [5.41, 5.74) is 0.0338. The highest BCUT2D eigenvalue weighted by molar-refractivity contribution is 7.92. The molecule has 0 atom stereocenters. The molecule has 0 aliphatic carbocycles. The van der Waals surface area contributed by atoms with Gasteiger partial charge in [-0.3, -0.25) is 4.72 Å². The van der Waals surface area contributed by atoms with E-state index in [1.165, 1.54) is 43.5 Å². The average molecular weight is 297 g/mol. The number of halogens is 1. The van der Waals surface area contributed by atoms with E-state index < -0.39 is 15.8 Å². The van der Waals surface area contributed by atoms with Crippen LogP contribution in [0.15, 0.2) is 47.4 Å². The van der Waals surface area contributed by atoms with Crippen molar-refractivity contribution >= 4 is 15.7 Å². The number of benzene rings is 2. The zero-order valence-electron chi connectivity index (χ0n) is 10.5. The van der Waals surface area contributed by atoms with Gasteiger partial charge in [-0.25, -0.2) is 12.8 Å². The van der Waals surface area contributed by atoms with Gasteiger partial charge in [0.15, 0.2) is 11.6 Å². The molecule has 5 nitrogen and oxygen atoms in total. The van der Waals surface area contributed by atoms with Crippen LogP contribution >= 0.6 is 0 Å². The van der Waals surface area contributed by atoms with Crippen LogP contribution in [-0.4, -0.2) is 20.6 Å². The van der Waals surface area contributed by atoms with Crippen LogP contribution in [0.3, 0.4) is 0 Å². The van der Waals surface area contributed by atoms with E-state index in [2.05, 4.69) is 4.72 Å². The fourth-order valence-corrected chi connectivity index (χ4v) is 2.77. The van der Waals surface area contributed by atoms with E-state index in [0.717, 1.165) is 6.07 Å². The molecule has 0 saturated carbocycles. The van der Waals surface area contributed by atoms with Crippen molar-refractivity contribution in [1.29, 1.82) is 0 Å². The maximum Gasteiger partial charge on any atom is 0.265 e. The molecule has 0 spiro atoms. The van der Waals surface area contributed by atoms with Gasteiger partial charge >= 0.3 is 0 Å². The molecule has 0 amide bonds. The molecular weight excluding hydrogens is 285 g/mol. The molecule has 0 unspecified atom stereocenters. The van der Waals surface area contributed by atoms with Crippen molar-refractivity contribution in [1.82, 2.24) is 0 Å². The van der Waals surface area contributed by atoms with Crippen LogP contribution in [0.2, 0.25) is 0 Å². The number of aromatic hydroxyl groups is 1. The molecule has 2 aromatic rings. The van der Waals surface area contributed by atoms with Crippen molar-refractivity contribution in [2.24, 2.45) is 0 Å². The van der Waals surface area contributed by atoms with Gasteiger partial charge < -0.3 is 9.84 Å². The van der Waals surface area contributed by atoms with Crippen molar-refractivity contribution < 1.29 is 22.7 Å². The van der Waals surface area contributed by atoms with E-state index in [1.807, 2.05) is 0 Å². The number of nitrogens with one attached hydrogen (secondary N) is 1. The van der Waals surface area contributed by atoms with E-state index in [9.17, 15) is 17.9 Å². The minimum Gasteiger partial charge on any atom is -0.507 e. The third kappa shape index (κ3) is 2.83. The van der Waals surface area contributed by atoms with Crippen LogP contribution in [0.1, 0.15) is 0 Å². The van der Waals surface area contributed by atoms with Gasteiger partial charge in [-0.1, -0.05) is 12.1 Å². The summed E-state index contributed by atoms with van der Waals surface area (Å²) >= 11 is 0. The highest BCUT2D eigenvalue weighted by atomic mass is 32.2. The number of phenols is 1. The Balaban J connectivity index is 2.34. The molecule has 0 radical (unpaired) electrons. The number of hydrogen-bond acceptors (Lipinski definition) is 4. The van der Waals surface area contributed by atoms with E-state index in [0.29, 0.717) is 0 Å². The molecule has 0 fully saturated rings. The van der Waals surface area contributed by atoms with Gasteiger partial charge in [0.1, 0.15) is 10.6 Å². The van der Waals surface area contributed by atoms with Gasteiger partial charge in [0.25, 0.3) is 10.0 Å². The first-order valence-corrected chi connectivity index (χ1v) is 7.07. The van der Waals surface area contributed by atoms with Gasteiger partial charge in [0.05, 0.1) is 12.8 Å². The fourth-order valence-electron chi connectivity index (χ4n) is 1.62. The number of rotatable bonds is 4. The molecular formula is C13H12FNO4S. The second-order valence-corrected chi connectivity index (χ2v) is 5.57. The fraction of sp³-hybridized carbons (Fsp3) is 0.0769. The van der Waals surface area contributed by atoms with Crippen LogP contribution in [0, 0.1) is 5.82 Å². The summed E-state index contributed by atoms with van der Waals surface area (Å²) in [6.45, 7) is 0. The lowest BCUT2D eigenvalue weighted by Gasteiger charge is -2.10. The van der Waals surface area contributed by atoms with Crippen molar-refractivity contribution in [3.8, 4) is 11.5 Å². The number of anilines is 1. The minimum absolute atomic E-state index is 0.00973. The lowest BCUT2D eigenvalue weighted by Crippen LogP contribution is -2.13. The van der Waals surface area contributed by atoms with Crippen LogP contribution < -0.4 is 9.46 Å². The summed E-state index contributed by atoms with van der Waals surface area (Å²) in [4.78, 5) is -0.281. The number of sulfonamides is 1. The minimum atomic E-state index is -3.99. The summed E-state index contributed by atoms with van der Waals surface area (Å²) in [6.07, 6.45) is 0. The standard InChI is InChI=1S/C13H12FNO4S/c1-19-12-7-6-9(8-10(12)14)15-20(17,18)13-5-3-2-4-11(13)16/h2-8,15-16H,1H3. The monoisotopic (exact) mass is 297 g/mol. The molecule has 7 heteroatoms. The topological polar surface area (TPSA) is 75.6 Å². The van der Waals surface area contributed by atoms with Gasteiger partial charge in [0.2, 0.25) is 0 Å². The summed E-state index contributed by atoms with van der Waals surface area (Å²) in [6, 6.07) is 9.14. The molecule has 2 aromatic carbocycles. The van der Waals surface area contributed by atoms with Crippen molar-refractivity contribution in [3.63, 3.8) is 0 Å². The first-order valence-electron chi connectivity index (χ1n) is 5.58. The summed E-state index contributed by atoms with van der Waals surface area (Å²) in [5.74, 6) is -1.06. The van der Waals surface area contributed by atoms with Crippen LogP contribution in [-0.2, 0) is 10.0 Å². The van der Waals surface area contributed by atoms with E-state index >= 15 is 0 Å². The normalized spacial score (nSPS) is 11.1. The maximum atomic E-state index is 13.5. The predicted molar refractivity (Wildman–Crippen MR) is 71.9 cm³/mol. The molecule has 2 N–H and O–H groups in total. The largest absolute Gasteiger partial charge is 0.507 e. The van der Waals surface area contributed by atoms with E-state index in [1.54, 1.807) is 0 Å². The molecule has 0 aliphatic heterocycles. The molecule has 0 aliphatic rings. The van der Waals surface area contributed by atoms with Crippen LogP contribution in [0.5, 0.6) is 11.5 Å². The molecule has 2 rings (SSSR count). The third-order valence-corrected chi connectivity index (χ3v) is 3.99. The maximum absolute atomic E-state index is 13.5. The third-order valence-electron chi connectivity index (χ3n) is 2.56. The van der Waals surface area contributed by atoms with Crippen molar-refractivity contribution in [2.45, 2.75) is 4.90 Å². The Hall–Kier alpha value is -2.28. The molecule has 106 valence electrons. The Kier molecular flexibility index (Phi) is 3.80. The first-order chi connectivity index (χ1) is 9.44. The zero-order chi connectivity index (χ0) is 14.8. The van der Waals surface area contributed by atoms with Crippen LogP contribution in [0.25, 0.3) is 0 Å². The average Bonchev–Trinajstić information content (AvgIpc) is 2.38. The lowest BCUT2D eigenvalue weighted by atomic mass is 10.3. The first kappa shape index (κ1) is 14.1. The summed E-state index contributed by atoms with van der Waals surface area (Å²) < 4.78 is 44.6. The summed E-state index contributed by atoms with van der Waals surface area (Å²) in [7, 11) is -2.68. The Morgan fingerprint density at radius 2 is 1.90 bits per heavy atom. The molecule has 0 aromatic heterocycles. The van der Waals surface area contributed by atoms with Crippen molar-refractivity contribution in [2.75, 3.05) is 11.8 Å². The molecule has 0 heterocycles. The van der Waals surface area contributed by atoms with Gasteiger partial charge in [0, 0.05) is 6.07 Å². The number of phenolic OH excluding ortho intramolecular Hbond substituents is 1. The van der Waals surface area contributed by atoms with Gasteiger partial charge in [-0.15, -0.1) is 0 Å². The Morgan fingerprint density at radius 1 is 1.20 bits per heavy atom. The molecule has 0 bridgehead atoms. The second-order valence-electron chi connectivity index (χ2n) is 3.92. The Labute approximate surface area is 115 Å². The van der Waals surface area contributed by atoms with Crippen LogP contribution in [0.4, 0.5) is 10.1 Å². The lowest BCUT2D eigenvalue weighted by molar-refractivity contribution is 0.386. The second kappa shape index (κ2) is 5.38. The molecule has 0 saturated heterocycles. The van der Waals surface area contributed by atoms with E-state index in [-0.39, 0.29) is 22.1 Å². The van der Waals surface area contributed by atoms with Crippen molar-refractivity contribution in [3.05, 3.63) is 48.3 Å². The highest BCUT2D eigenvalue weighted by Gasteiger charge is 2.18.